The van der Waals surface area contributed by atoms with Crippen LogP contribution < -0.4 is 0 Å². The fraction of sp³-hybridized carbons (Fsp3) is 0.133. The molecule has 2 aromatic heterocycles. The molecule has 7 heteroatoms. The monoisotopic (exact) mass is 334 g/mol. The van der Waals surface area contributed by atoms with E-state index in [1.807, 2.05) is 0 Å². The number of rotatable bonds is 3. The SMILES string of the molecule is CN(Cc1ccc(Cl)cc1Cl)C(=O)c1nccn2ccnc12. The number of aromatic nitrogens is 3. The van der Waals surface area contributed by atoms with Crippen molar-refractivity contribution in [2.75, 3.05) is 7.05 Å². The molecule has 0 atom stereocenters. The highest BCUT2D eigenvalue weighted by molar-refractivity contribution is 6.35. The highest BCUT2D eigenvalue weighted by atomic mass is 35.5. The Balaban J connectivity index is 1.87. The predicted octanol–water partition coefficient (Wildman–Crippen LogP) is 3.31. The van der Waals surface area contributed by atoms with E-state index in [2.05, 4.69) is 9.97 Å². The fourth-order valence-electron chi connectivity index (χ4n) is 2.16. The van der Waals surface area contributed by atoms with Crippen LogP contribution in [0.1, 0.15) is 16.1 Å². The zero-order chi connectivity index (χ0) is 15.7. The molecule has 0 saturated heterocycles. The fourth-order valence-corrected chi connectivity index (χ4v) is 2.63. The summed E-state index contributed by atoms with van der Waals surface area (Å²) in [5.74, 6) is -0.220. The number of hydrogen-bond donors (Lipinski definition) is 0. The summed E-state index contributed by atoms with van der Waals surface area (Å²) < 4.78 is 1.75. The van der Waals surface area contributed by atoms with Gasteiger partial charge < -0.3 is 9.30 Å². The van der Waals surface area contributed by atoms with Crippen LogP contribution in [0.4, 0.5) is 0 Å². The van der Waals surface area contributed by atoms with Gasteiger partial charge in [-0.15, -0.1) is 0 Å². The van der Waals surface area contributed by atoms with E-state index in [-0.39, 0.29) is 5.91 Å². The lowest BCUT2D eigenvalue weighted by Crippen LogP contribution is -2.27. The van der Waals surface area contributed by atoms with Gasteiger partial charge in [0, 0.05) is 48.4 Å². The van der Waals surface area contributed by atoms with Crippen molar-refractivity contribution in [2.45, 2.75) is 6.54 Å². The first-order valence-electron chi connectivity index (χ1n) is 6.53. The minimum absolute atomic E-state index is 0.220. The van der Waals surface area contributed by atoms with Crippen molar-refractivity contribution < 1.29 is 4.79 Å². The largest absolute Gasteiger partial charge is 0.336 e. The first kappa shape index (κ1) is 14.8. The van der Waals surface area contributed by atoms with Crippen LogP contribution in [0.5, 0.6) is 0 Å². The van der Waals surface area contributed by atoms with Crippen LogP contribution in [0.15, 0.2) is 43.0 Å². The van der Waals surface area contributed by atoms with Gasteiger partial charge >= 0.3 is 0 Å². The molecule has 2 heterocycles. The number of hydrogen-bond acceptors (Lipinski definition) is 3. The molecular weight excluding hydrogens is 323 g/mol. The molecular formula is C15H12Cl2N4O. The second kappa shape index (κ2) is 5.94. The molecule has 0 bridgehead atoms. The third-order valence-corrected chi connectivity index (χ3v) is 3.87. The van der Waals surface area contributed by atoms with Crippen molar-refractivity contribution in [3.8, 4) is 0 Å². The van der Waals surface area contributed by atoms with E-state index in [4.69, 9.17) is 23.2 Å². The molecule has 3 aromatic rings. The van der Waals surface area contributed by atoms with E-state index in [1.54, 1.807) is 59.3 Å². The maximum absolute atomic E-state index is 12.6. The first-order chi connectivity index (χ1) is 10.6. The van der Waals surface area contributed by atoms with Gasteiger partial charge in [-0.25, -0.2) is 9.97 Å². The van der Waals surface area contributed by atoms with Gasteiger partial charge in [0.2, 0.25) is 0 Å². The molecule has 3 rings (SSSR count). The van der Waals surface area contributed by atoms with Gasteiger partial charge in [-0.05, 0) is 17.7 Å². The third-order valence-electron chi connectivity index (χ3n) is 3.28. The normalized spacial score (nSPS) is 10.9. The summed E-state index contributed by atoms with van der Waals surface area (Å²) in [6, 6.07) is 5.21. The number of halogens is 2. The zero-order valence-corrected chi connectivity index (χ0v) is 13.2. The van der Waals surface area contributed by atoms with Gasteiger partial charge in [0.05, 0.1) is 0 Å². The minimum atomic E-state index is -0.220. The highest BCUT2D eigenvalue weighted by Gasteiger charge is 2.18. The Morgan fingerprint density at radius 2 is 1.95 bits per heavy atom. The molecule has 0 spiro atoms. The lowest BCUT2D eigenvalue weighted by atomic mass is 10.2. The quantitative estimate of drug-likeness (QED) is 0.738. The van der Waals surface area contributed by atoms with Crippen LogP contribution >= 0.6 is 23.2 Å². The van der Waals surface area contributed by atoms with Gasteiger partial charge in [0.25, 0.3) is 5.91 Å². The van der Waals surface area contributed by atoms with E-state index in [0.717, 1.165) is 5.56 Å². The van der Waals surface area contributed by atoms with Crippen LogP contribution in [0, 0.1) is 0 Å². The van der Waals surface area contributed by atoms with Crippen molar-refractivity contribution in [1.82, 2.24) is 19.3 Å². The second-order valence-electron chi connectivity index (χ2n) is 4.83. The molecule has 1 aromatic carbocycles. The number of fused-ring (bicyclic) bond motifs is 1. The van der Waals surface area contributed by atoms with E-state index in [0.29, 0.717) is 27.9 Å². The number of carbonyl (C=O) groups excluding carboxylic acids is 1. The third kappa shape index (κ3) is 2.77. The van der Waals surface area contributed by atoms with E-state index >= 15 is 0 Å². The van der Waals surface area contributed by atoms with Crippen molar-refractivity contribution in [3.05, 3.63) is 64.3 Å². The number of nitrogens with zero attached hydrogens (tertiary/aromatic N) is 4. The van der Waals surface area contributed by atoms with Gasteiger partial charge in [0.1, 0.15) is 0 Å². The van der Waals surface area contributed by atoms with Crippen LogP contribution in [0.25, 0.3) is 5.65 Å². The Kier molecular flexibility index (Phi) is 4.00. The molecule has 5 nitrogen and oxygen atoms in total. The molecule has 22 heavy (non-hydrogen) atoms. The number of benzene rings is 1. The van der Waals surface area contributed by atoms with Gasteiger partial charge in [-0.2, -0.15) is 0 Å². The molecule has 0 N–H and O–H groups in total. The Morgan fingerprint density at radius 1 is 1.23 bits per heavy atom. The number of carbonyl (C=O) groups is 1. The standard InChI is InChI=1S/C15H12Cl2N4O/c1-20(9-10-2-3-11(16)8-12(10)17)15(22)13-14-19-5-7-21(14)6-4-18-13/h2-8H,9H2,1H3. The van der Waals surface area contributed by atoms with E-state index in [9.17, 15) is 4.79 Å². The smallest absolute Gasteiger partial charge is 0.276 e. The van der Waals surface area contributed by atoms with Crippen molar-refractivity contribution in [3.63, 3.8) is 0 Å². The zero-order valence-electron chi connectivity index (χ0n) is 11.7. The van der Waals surface area contributed by atoms with Crippen LogP contribution in [0.3, 0.4) is 0 Å². The highest BCUT2D eigenvalue weighted by Crippen LogP contribution is 2.22. The van der Waals surface area contributed by atoms with Crippen molar-refractivity contribution in [2.24, 2.45) is 0 Å². The second-order valence-corrected chi connectivity index (χ2v) is 5.67. The van der Waals surface area contributed by atoms with Crippen molar-refractivity contribution >= 4 is 34.8 Å². The van der Waals surface area contributed by atoms with Crippen LogP contribution in [0.2, 0.25) is 10.0 Å². The minimum Gasteiger partial charge on any atom is -0.336 e. The Hall–Kier alpha value is -2.11. The summed E-state index contributed by atoms with van der Waals surface area (Å²) in [6.45, 7) is 0.359. The average molecular weight is 335 g/mol. The average Bonchev–Trinajstić information content (AvgIpc) is 2.97. The van der Waals surface area contributed by atoms with Gasteiger partial charge in [0.15, 0.2) is 11.3 Å². The molecule has 0 aliphatic rings. The molecule has 0 unspecified atom stereocenters. The first-order valence-corrected chi connectivity index (χ1v) is 7.29. The molecule has 112 valence electrons. The molecule has 0 saturated carbocycles. The number of imidazole rings is 1. The Bertz CT molecular complexity index is 846. The van der Waals surface area contributed by atoms with Gasteiger partial charge in [-0.1, -0.05) is 29.3 Å². The molecule has 0 aliphatic carbocycles. The number of amides is 1. The Morgan fingerprint density at radius 3 is 2.68 bits per heavy atom. The van der Waals surface area contributed by atoms with Crippen LogP contribution in [-0.4, -0.2) is 32.2 Å². The summed E-state index contributed by atoms with van der Waals surface area (Å²) in [4.78, 5) is 22.4. The van der Waals surface area contributed by atoms with E-state index in [1.165, 1.54) is 0 Å². The maximum atomic E-state index is 12.6. The summed E-state index contributed by atoms with van der Waals surface area (Å²) >= 11 is 12.0. The predicted molar refractivity (Wildman–Crippen MR) is 85.2 cm³/mol. The summed E-state index contributed by atoms with van der Waals surface area (Å²) in [5.41, 5.74) is 1.65. The molecule has 0 aliphatic heterocycles. The van der Waals surface area contributed by atoms with Crippen molar-refractivity contribution in [1.29, 1.82) is 0 Å². The summed E-state index contributed by atoms with van der Waals surface area (Å²) in [5, 5.41) is 1.09. The molecule has 0 fully saturated rings. The molecule has 1 amide bonds. The van der Waals surface area contributed by atoms with Crippen LogP contribution in [-0.2, 0) is 6.54 Å². The summed E-state index contributed by atoms with van der Waals surface area (Å²) in [6.07, 6.45) is 6.72. The topological polar surface area (TPSA) is 50.5 Å². The summed E-state index contributed by atoms with van der Waals surface area (Å²) in [7, 11) is 1.70. The lowest BCUT2D eigenvalue weighted by molar-refractivity contribution is 0.0781. The Labute approximate surface area is 137 Å². The molecule has 0 radical (unpaired) electrons. The maximum Gasteiger partial charge on any atom is 0.276 e. The van der Waals surface area contributed by atoms with Gasteiger partial charge in [-0.3, -0.25) is 4.79 Å². The lowest BCUT2D eigenvalue weighted by Gasteiger charge is -2.18. The van der Waals surface area contributed by atoms with E-state index < -0.39 is 0 Å².